The van der Waals surface area contributed by atoms with E-state index in [0.29, 0.717) is 19.8 Å². The molecule has 1 aromatic heterocycles. The van der Waals surface area contributed by atoms with Crippen LogP contribution >= 0.6 is 0 Å². The third-order valence-electron chi connectivity index (χ3n) is 5.57. The largest absolute Gasteiger partial charge is 0.378 e. The maximum Gasteiger partial charge on any atom is 0.229 e. The Balaban J connectivity index is 1.66. The minimum absolute atomic E-state index is 0.0790. The summed E-state index contributed by atoms with van der Waals surface area (Å²) in [6.07, 6.45) is 3.30. The van der Waals surface area contributed by atoms with Crippen LogP contribution in [-0.4, -0.2) is 73.3 Å². The molecule has 2 atom stereocenters. The maximum absolute atomic E-state index is 12.6. The molecule has 3 fully saturated rings. The van der Waals surface area contributed by atoms with E-state index in [1.165, 1.54) is 12.8 Å². The number of amides is 1. The molecular weight excluding hydrogens is 318 g/mol. The van der Waals surface area contributed by atoms with Gasteiger partial charge in [-0.1, -0.05) is 6.92 Å². The van der Waals surface area contributed by atoms with Gasteiger partial charge in [0.25, 0.3) is 0 Å². The average molecular weight is 345 g/mol. The molecule has 0 N–H and O–H groups in total. The number of carbonyl (C=O) groups is 1. The van der Waals surface area contributed by atoms with Gasteiger partial charge < -0.3 is 19.4 Å². The van der Waals surface area contributed by atoms with Crippen molar-refractivity contribution in [1.82, 2.24) is 14.9 Å². The summed E-state index contributed by atoms with van der Waals surface area (Å²) in [6.45, 7) is 6.72. The fourth-order valence-corrected chi connectivity index (χ4v) is 3.96. The molecular formula is C18H27N5O2. The lowest BCUT2D eigenvalue weighted by molar-refractivity contribution is -0.133. The van der Waals surface area contributed by atoms with Gasteiger partial charge in [0.2, 0.25) is 11.9 Å². The van der Waals surface area contributed by atoms with Crippen LogP contribution in [0.25, 0.3) is 0 Å². The number of nitrogens with zero attached hydrogens (tertiary/aromatic N) is 5. The number of hydrogen-bond donors (Lipinski definition) is 0. The quantitative estimate of drug-likeness (QED) is 0.812. The van der Waals surface area contributed by atoms with Crippen molar-refractivity contribution in [3.8, 4) is 0 Å². The first-order valence-corrected chi connectivity index (χ1v) is 9.38. The van der Waals surface area contributed by atoms with E-state index in [1.807, 2.05) is 11.9 Å². The number of carbonyl (C=O) groups excluding carboxylic acids is 1. The van der Waals surface area contributed by atoms with Crippen molar-refractivity contribution in [3.05, 3.63) is 11.8 Å². The molecule has 7 heteroatoms. The number of fused-ring (bicyclic) bond motifs is 3. The summed E-state index contributed by atoms with van der Waals surface area (Å²) in [7, 11) is 1.89. The topological polar surface area (TPSA) is 61.8 Å². The number of anilines is 2. The highest BCUT2D eigenvalue weighted by Crippen LogP contribution is 2.26. The van der Waals surface area contributed by atoms with Crippen LogP contribution in [0.15, 0.2) is 6.07 Å². The number of hydrogen-bond acceptors (Lipinski definition) is 6. The first-order chi connectivity index (χ1) is 12.2. The maximum atomic E-state index is 12.6. The summed E-state index contributed by atoms with van der Waals surface area (Å²) in [5.41, 5.74) is 1.07. The standard InChI is InChI=1S/C18H27N5O2/c1-3-14-8-16(20-18(19-14)22-6-4-5-7-22)23-9-13-11-25-12-15(10-23)21(2)17(13)24/h8,13,15H,3-7,9-12H2,1-2H3/t13-,15+/m1/s1. The zero-order valence-corrected chi connectivity index (χ0v) is 15.1. The van der Waals surface area contributed by atoms with E-state index < -0.39 is 0 Å². The summed E-state index contributed by atoms with van der Waals surface area (Å²) in [4.78, 5) is 28.6. The first-order valence-electron chi connectivity index (χ1n) is 9.38. The van der Waals surface area contributed by atoms with Crippen LogP contribution in [0.5, 0.6) is 0 Å². The van der Waals surface area contributed by atoms with E-state index in [-0.39, 0.29) is 17.9 Å². The van der Waals surface area contributed by atoms with Crippen molar-refractivity contribution in [2.24, 2.45) is 5.92 Å². The molecule has 136 valence electrons. The fourth-order valence-electron chi connectivity index (χ4n) is 3.96. The van der Waals surface area contributed by atoms with Gasteiger partial charge in [-0.25, -0.2) is 4.98 Å². The van der Waals surface area contributed by atoms with E-state index in [9.17, 15) is 4.79 Å². The summed E-state index contributed by atoms with van der Waals surface area (Å²) in [5.74, 6) is 1.87. The summed E-state index contributed by atoms with van der Waals surface area (Å²) < 4.78 is 5.71. The second-order valence-corrected chi connectivity index (χ2v) is 7.31. The average Bonchev–Trinajstić information content (AvgIpc) is 3.08. The van der Waals surface area contributed by atoms with E-state index >= 15 is 0 Å². The number of likely N-dealkylation sites (N-methyl/N-ethyl adjacent to an activating group) is 1. The molecule has 4 heterocycles. The highest BCUT2D eigenvalue weighted by molar-refractivity contribution is 5.80. The van der Waals surface area contributed by atoms with Crippen LogP contribution in [0.4, 0.5) is 11.8 Å². The van der Waals surface area contributed by atoms with Crippen LogP contribution in [0.2, 0.25) is 0 Å². The predicted octanol–water partition coefficient (Wildman–Crippen LogP) is 0.933. The number of aryl methyl sites for hydroxylation is 1. The molecule has 1 amide bonds. The Labute approximate surface area is 149 Å². The van der Waals surface area contributed by atoms with Gasteiger partial charge in [-0.15, -0.1) is 0 Å². The van der Waals surface area contributed by atoms with Crippen LogP contribution in [0, 0.1) is 5.92 Å². The Bertz CT molecular complexity index is 646. The highest BCUT2D eigenvalue weighted by atomic mass is 16.5. The van der Waals surface area contributed by atoms with Gasteiger partial charge in [0.1, 0.15) is 5.82 Å². The Morgan fingerprint density at radius 3 is 2.72 bits per heavy atom. The number of aromatic nitrogens is 2. The molecule has 0 radical (unpaired) electrons. The predicted molar refractivity (Wildman–Crippen MR) is 95.9 cm³/mol. The van der Waals surface area contributed by atoms with Gasteiger partial charge in [-0.05, 0) is 19.3 Å². The zero-order chi connectivity index (χ0) is 17.4. The van der Waals surface area contributed by atoms with Gasteiger partial charge in [0.05, 0.1) is 25.2 Å². The molecule has 0 spiro atoms. The molecule has 1 aromatic rings. The second kappa shape index (κ2) is 6.78. The second-order valence-electron chi connectivity index (χ2n) is 7.31. The monoisotopic (exact) mass is 345 g/mol. The van der Waals surface area contributed by atoms with Crippen LogP contribution in [0.3, 0.4) is 0 Å². The molecule has 0 unspecified atom stereocenters. The van der Waals surface area contributed by atoms with Gasteiger partial charge in [-0.3, -0.25) is 4.79 Å². The van der Waals surface area contributed by atoms with Crippen LogP contribution < -0.4 is 9.80 Å². The van der Waals surface area contributed by atoms with Crippen molar-refractivity contribution in [2.75, 3.05) is 56.2 Å². The normalized spacial score (nSPS) is 27.0. The molecule has 3 aliphatic rings. The van der Waals surface area contributed by atoms with E-state index in [4.69, 9.17) is 14.7 Å². The van der Waals surface area contributed by atoms with Crippen LogP contribution in [0.1, 0.15) is 25.5 Å². The minimum atomic E-state index is -0.118. The fraction of sp³-hybridized carbons (Fsp3) is 0.722. The summed E-state index contributed by atoms with van der Waals surface area (Å²) in [5, 5.41) is 0. The molecule has 4 rings (SSSR count). The third kappa shape index (κ3) is 3.17. The Morgan fingerprint density at radius 2 is 1.96 bits per heavy atom. The van der Waals surface area contributed by atoms with Gasteiger partial charge in [0.15, 0.2) is 0 Å². The Hall–Kier alpha value is -1.89. The lowest BCUT2D eigenvalue weighted by Crippen LogP contribution is -2.43. The minimum Gasteiger partial charge on any atom is -0.378 e. The SMILES string of the molecule is CCc1cc(N2C[C@@H]3COC[C@H](C2)N(C)C3=O)nc(N2CCCC2)n1. The molecule has 0 saturated carbocycles. The van der Waals surface area contributed by atoms with Crippen molar-refractivity contribution in [2.45, 2.75) is 32.2 Å². The third-order valence-corrected chi connectivity index (χ3v) is 5.57. The van der Waals surface area contributed by atoms with Gasteiger partial charge in [0, 0.05) is 45.0 Å². The number of rotatable bonds is 3. The molecule has 3 saturated heterocycles. The molecule has 0 aliphatic carbocycles. The van der Waals surface area contributed by atoms with Crippen molar-refractivity contribution in [1.29, 1.82) is 0 Å². The Morgan fingerprint density at radius 1 is 1.16 bits per heavy atom. The van der Waals surface area contributed by atoms with Crippen molar-refractivity contribution < 1.29 is 9.53 Å². The molecule has 25 heavy (non-hydrogen) atoms. The smallest absolute Gasteiger partial charge is 0.229 e. The first kappa shape index (κ1) is 16.6. The zero-order valence-electron chi connectivity index (χ0n) is 15.1. The molecule has 2 bridgehead atoms. The van der Waals surface area contributed by atoms with Gasteiger partial charge in [-0.2, -0.15) is 4.98 Å². The van der Waals surface area contributed by atoms with Crippen molar-refractivity contribution >= 4 is 17.7 Å². The lowest BCUT2D eigenvalue weighted by Gasteiger charge is -2.31. The lowest BCUT2D eigenvalue weighted by atomic mass is 10.1. The van der Waals surface area contributed by atoms with E-state index in [2.05, 4.69) is 22.8 Å². The van der Waals surface area contributed by atoms with Crippen LogP contribution in [-0.2, 0) is 16.0 Å². The molecule has 3 aliphatic heterocycles. The van der Waals surface area contributed by atoms with E-state index in [1.54, 1.807) is 0 Å². The Kier molecular flexibility index (Phi) is 4.50. The molecule has 7 nitrogen and oxygen atoms in total. The van der Waals surface area contributed by atoms with Gasteiger partial charge >= 0.3 is 0 Å². The van der Waals surface area contributed by atoms with E-state index in [0.717, 1.165) is 43.5 Å². The summed E-state index contributed by atoms with van der Waals surface area (Å²) in [6, 6.07) is 2.17. The summed E-state index contributed by atoms with van der Waals surface area (Å²) >= 11 is 0. The number of ether oxygens (including phenoxy) is 1. The molecule has 0 aromatic carbocycles. The highest BCUT2D eigenvalue weighted by Gasteiger charge is 2.38. The van der Waals surface area contributed by atoms with Crippen molar-refractivity contribution in [3.63, 3.8) is 0 Å².